The maximum Gasteiger partial charge on any atom is 0.397 e. The van der Waals surface area contributed by atoms with Gasteiger partial charge >= 0.3 is 10.4 Å². The summed E-state index contributed by atoms with van der Waals surface area (Å²) in [5.74, 6) is -0.268. The molecule has 1 aliphatic heterocycles. The third-order valence-corrected chi connectivity index (χ3v) is 11.2. The van der Waals surface area contributed by atoms with Gasteiger partial charge in [-0.25, -0.2) is 4.18 Å². The minimum atomic E-state index is -5.08. The van der Waals surface area contributed by atoms with Gasteiger partial charge in [-0.05, 0) is 44.9 Å². The van der Waals surface area contributed by atoms with Crippen LogP contribution in [0.3, 0.4) is 0 Å². The van der Waals surface area contributed by atoms with E-state index in [9.17, 15) is 33.6 Å². The largest absolute Gasteiger partial charge is 0.397 e. The Morgan fingerprint density at radius 3 is 1.60 bits per heavy atom. The summed E-state index contributed by atoms with van der Waals surface area (Å²) in [5, 5.41) is 44.6. The Labute approximate surface area is 346 Å². The molecule has 7 atom stereocenters. The zero-order valence-corrected chi connectivity index (χ0v) is 36.5. The lowest BCUT2D eigenvalue weighted by atomic mass is 9.99. The Balaban J connectivity index is 2.55. The number of nitrogens with one attached hydrogen (secondary N) is 1. The van der Waals surface area contributed by atoms with Crippen LogP contribution < -0.4 is 5.32 Å². The van der Waals surface area contributed by atoms with Gasteiger partial charge in [-0.15, -0.1) is 0 Å². The Morgan fingerprint density at radius 1 is 0.684 bits per heavy atom. The van der Waals surface area contributed by atoms with E-state index in [4.69, 9.17) is 14.0 Å². The molecule has 0 aromatic carbocycles. The van der Waals surface area contributed by atoms with E-state index >= 15 is 0 Å². The highest BCUT2D eigenvalue weighted by atomic mass is 32.3. The molecule has 0 saturated carbocycles. The van der Waals surface area contributed by atoms with E-state index in [2.05, 4.69) is 35.5 Å². The van der Waals surface area contributed by atoms with Crippen LogP contribution in [0.15, 0.2) is 24.3 Å². The van der Waals surface area contributed by atoms with E-state index in [1.807, 2.05) is 6.08 Å². The Bertz CT molecular complexity index is 1120. The predicted octanol–water partition coefficient (Wildman–Crippen LogP) is 8.55. The van der Waals surface area contributed by atoms with Crippen molar-refractivity contribution in [2.24, 2.45) is 0 Å². The van der Waals surface area contributed by atoms with Crippen molar-refractivity contribution < 1.29 is 51.8 Å². The number of allylic oxidation sites excluding steroid dienone is 3. The highest BCUT2D eigenvalue weighted by molar-refractivity contribution is 7.80. The summed E-state index contributed by atoms with van der Waals surface area (Å²) < 4.78 is 47.5. The molecule has 0 aromatic rings. The van der Waals surface area contributed by atoms with E-state index in [0.717, 1.165) is 44.9 Å². The lowest BCUT2D eigenvalue weighted by Crippen LogP contribution is -2.61. The van der Waals surface area contributed by atoms with E-state index in [1.54, 1.807) is 6.08 Å². The maximum atomic E-state index is 13.0. The predicted molar refractivity (Wildman–Crippen MR) is 227 cm³/mol. The van der Waals surface area contributed by atoms with Gasteiger partial charge < -0.3 is 35.2 Å². The smallest absolute Gasteiger partial charge is 0.394 e. The first-order valence-electron chi connectivity index (χ1n) is 22.7. The van der Waals surface area contributed by atoms with Gasteiger partial charge in [0.1, 0.15) is 24.4 Å². The number of ether oxygens (including phenoxy) is 2. The SMILES string of the molecule is CCCCCC/C=C\CCCCCCCCCC(=O)NC(COC1OC(CO)C(O)C(OS(=O)(=O)O)C1O)C(O)/C=C/CCCCCCCCCCCCCCC. The van der Waals surface area contributed by atoms with Crippen LogP contribution in [0.5, 0.6) is 0 Å². The molecule has 0 aromatic heterocycles. The molecule has 1 heterocycles. The second-order valence-corrected chi connectivity index (χ2v) is 17.0. The quantitative estimate of drug-likeness (QED) is 0.0198. The molecule has 12 nitrogen and oxygen atoms in total. The van der Waals surface area contributed by atoms with Crippen molar-refractivity contribution in [3.8, 4) is 0 Å². The van der Waals surface area contributed by atoms with E-state index in [-0.39, 0.29) is 18.9 Å². The molecule has 0 radical (unpaired) electrons. The van der Waals surface area contributed by atoms with Crippen molar-refractivity contribution in [2.45, 2.75) is 236 Å². The summed E-state index contributed by atoms with van der Waals surface area (Å²) in [5.41, 5.74) is 0. The summed E-state index contributed by atoms with van der Waals surface area (Å²) in [7, 11) is -5.08. The van der Waals surface area contributed by atoms with E-state index in [0.29, 0.717) is 6.42 Å². The molecule has 7 unspecified atom stereocenters. The fourth-order valence-corrected chi connectivity index (χ4v) is 7.66. The number of amides is 1. The van der Waals surface area contributed by atoms with Crippen molar-refractivity contribution in [3.05, 3.63) is 24.3 Å². The number of aliphatic hydroxyl groups is 4. The second kappa shape index (κ2) is 35.3. The normalized spacial score (nSPS) is 21.4. The minimum Gasteiger partial charge on any atom is -0.394 e. The van der Waals surface area contributed by atoms with Crippen LogP contribution in [0.4, 0.5) is 0 Å². The monoisotopic (exact) mass is 834 g/mol. The average Bonchev–Trinajstić information content (AvgIpc) is 3.18. The number of carbonyl (C=O) groups is 1. The third-order valence-electron chi connectivity index (χ3n) is 10.7. The summed E-state index contributed by atoms with van der Waals surface area (Å²) in [6, 6.07) is -0.943. The standard InChI is InChI=1S/C44H83NO11S/c1-3-5-7-9-11-13-15-17-19-21-23-25-27-29-31-33-38(47)37(36-54-44-42(50)43(56-57(51,52)53)41(49)39(35-46)55-44)45-40(48)34-32-30-28-26-24-22-20-18-16-14-12-10-8-6-4-2/h14,16,31,33,37-39,41-44,46-47,49-50H,3-13,15,17-30,32,34-36H2,1-2H3,(H,45,48)(H,51,52,53)/b16-14-,33-31+. The molecule has 0 bridgehead atoms. The van der Waals surface area contributed by atoms with Crippen molar-refractivity contribution in [1.29, 1.82) is 0 Å². The zero-order chi connectivity index (χ0) is 42.0. The van der Waals surface area contributed by atoms with Crippen LogP contribution in [0.1, 0.15) is 194 Å². The number of aliphatic hydroxyl groups excluding tert-OH is 4. The minimum absolute atomic E-state index is 0.264. The van der Waals surface area contributed by atoms with Crippen molar-refractivity contribution in [2.75, 3.05) is 13.2 Å². The van der Waals surface area contributed by atoms with Gasteiger partial charge in [0.15, 0.2) is 6.29 Å². The van der Waals surface area contributed by atoms with Crippen molar-refractivity contribution in [1.82, 2.24) is 5.32 Å². The Morgan fingerprint density at radius 2 is 1.12 bits per heavy atom. The first-order valence-corrected chi connectivity index (χ1v) is 24.1. The fraction of sp³-hybridized carbons (Fsp3) is 0.886. The number of rotatable bonds is 38. The first kappa shape index (κ1) is 53.6. The Hall–Kier alpha value is -1.42. The molecular formula is C44H83NO11S. The van der Waals surface area contributed by atoms with Gasteiger partial charge in [0.25, 0.3) is 0 Å². The van der Waals surface area contributed by atoms with Crippen molar-refractivity contribution in [3.63, 3.8) is 0 Å². The summed E-state index contributed by atoms with van der Waals surface area (Å²) in [6.45, 7) is 3.36. The Kier molecular flexibility index (Phi) is 33.2. The van der Waals surface area contributed by atoms with E-state index in [1.165, 1.54) is 122 Å². The van der Waals surface area contributed by atoms with Gasteiger partial charge in [0.05, 0.1) is 25.4 Å². The number of hydrogen-bond donors (Lipinski definition) is 6. The number of carbonyl (C=O) groups excluding carboxylic acids is 1. The molecule has 1 amide bonds. The first-order chi connectivity index (χ1) is 27.5. The molecule has 1 aliphatic rings. The van der Waals surface area contributed by atoms with Crippen LogP contribution >= 0.6 is 0 Å². The van der Waals surface area contributed by atoms with Gasteiger partial charge in [-0.2, -0.15) is 8.42 Å². The number of hydrogen-bond acceptors (Lipinski definition) is 10. The molecule has 6 N–H and O–H groups in total. The average molecular weight is 834 g/mol. The lowest BCUT2D eigenvalue weighted by molar-refractivity contribution is -0.298. The highest BCUT2D eigenvalue weighted by Crippen LogP contribution is 2.26. The maximum absolute atomic E-state index is 13.0. The van der Waals surface area contributed by atoms with Crippen LogP contribution in [0.2, 0.25) is 0 Å². The molecule has 1 saturated heterocycles. The van der Waals surface area contributed by atoms with Crippen LogP contribution in [0.25, 0.3) is 0 Å². The summed E-state index contributed by atoms with van der Waals surface area (Å²) >= 11 is 0. The molecule has 0 aliphatic carbocycles. The zero-order valence-electron chi connectivity index (χ0n) is 35.7. The summed E-state index contributed by atoms with van der Waals surface area (Å²) in [6.07, 6.45) is 30.7. The highest BCUT2D eigenvalue weighted by Gasteiger charge is 2.48. The topological polar surface area (TPSA) is 192 Å². The summed E-state index contributed by atoms with van der Waals surface area (Å²) in [4.78, 5) is 13.0. The van der Waals surface area contributed by atoms with Gasteiger partial charge in [-0.1, -0.05) is 167 Å². The molecule has 1 fully saturated rings. The lowest BCUT2D eigenvalue weighted by Gasteiger charge is -2.41. The third kappa shape index (κ3) is 28.6. The van der Waals surface area contributed by atoms with Crippen molar-refractivity contribution >= 4 is 16.3 Å². The second-order valence-electron chi connectivity index (χ2n) is 16.0. The van der Waals surface area contributed by atoms with Crippen LogP contribution in [0, 0.1) is 0 Å². The fourth-order valence-electron chi connectivity index (χ4n) is 7.15. The van der Waals surface area contributed by atoms with Gasteiger partial charge in [0, 0.05) is 6.42 Å². The van der Waals surface area contributed by atoms with Gasteiger partial charge in [-0.3, -0.25) is 9.35 Å². The molecule has 57 heavy (non-hydrogen) atoms. The van der Waals surface area contributed by atoms with Crippen LogP contribution in [-0.2, 0) is 28.9 Å². The van der Waals surface area contributed by atoms with Gasteiger partial charge in [0.2, 0.25) is 5.91 Å². The molecule has 0 spiro atoms. The molecule has 13 heteroatoms. The molecule has 336 valence electrons. The number of unbranched alkanes of at least 4 members (excludes halogenated alkanes) is 24. The van der Waals surface area contributed by atoms with Crippen LogP contribution in [-0.4, -0.2) is 95.4 Å². The molecular weight excluding hydrogens is 751 g/mol. The van der Waals surface area contributed by atoms with E-state index < -0.39 is 59.9 Å². The molecule has 1 rings (SSSR count).